The average molecular weight is 1460 g/mol. The summed E-state index contributed by atoms with van der Waals surface area (Å²) in [7, 11) is 0. The Bertz CT molecular complexity index is 6820. The Hall–Kier alpha value is -14.5. The van der Waals surface area contributed by atoms with E-state index in [-0.39, 0.29) is 0 Å². The minimum Gasteiger partial charge on any atom is -0.278 e. The van der Waals surface area contributed by atoms with E-state index in [1.807, 2.05) is 140 Å². The van der Waals surface area contributed by atoms with Crippen molar-refractivity contribution < 1.29 is 0 Å². The third-order valence-electron chi connectivity index (χ3n) is 20.1. The molecule has 7 heterocycles. The number of hydrogen-bond donors (Lipinski definition) is 0. The smallest absolute Gasteiger partial charge is 0.238 e. The van der Waals surface area contributed by atoms with Gasteiger partial charge >= 0.3 is 0 Å². The van der Waals surface area contributed by atoms with Gasteiger partial charge in [-0.1, -0.05) is 322 Å². The zero-order valence-corrected chi connectivity index (χ0v) is 61.1. The predicted octanol–water partition coefficient (Wildman–Crippen LogP) is 25.2. The normalized spacial score (nSPS) is 11.4. The van der Waals surface area contributed by atoms with Crippen LogP contribution in [0, 0.1) is 0 Å². The molecule has 0 radical (unpaired) electrons. The second kappa shape index (κ2) is 28.7. The van der Waals surface area contributed by atoms with Crippen molar-refractivity contribution in [2.75, 3.05) is 0 Å². The number of rotatable bonds is 13. The Morgan fingerprint density at radius 3 is 0.901 bits per heavy atom. The lowest BCUT2D eigenvalue weighted by molar-refractivity contribution is 0.954. The van der Waals surface area contributed by atoms with Gasteiger partial charge in [-0.3, -0.25) is 4.57 Å². The van der Waals surface area contributed by atoms with E-state index in [0.717, 1.165) is 137 Å². The molecule has 0 unspecified atom stereocenters. The molecule has 7 aromatic heterocycles. The largest absolute Gasteiger partial charge is 0.278 e. The molecule has 0 aliphatic rings. The fourth-order valence-corrected chi connectivity index (χ4v) is 17.3. The van der Waals surface area contributed by atoms with Crippen LogP contribution < -0.4 is 0 Å². The monoisotopic (exact) mass is 1460 g/mol. The highest BCUT2D eigenvalue weighted by Crippen LogP contribution is 2.47. The van der Waals surface area contributed by atoms with Crippen molar-refractivity contribution in [3.05, 3.63) is 370 Å². The molecule has 520 valence electrons. The first kappa shape index (κ1) is 66.0. The van der Waals surface area contributed by atoms with Gasteiger partial charge in [-0.2, -0.15) is 9.97 Å². The summed E-state index contributed by atoms with van der Waals surface area (Å²) in [5, 5.41) is 6.88. The van der Waals surface area contributed by atoms with Gasteiger partial charge in [0.2, 0.25) is 5.95 Å². The van der Waals surface area contributed by atoms with Gasteiger partial charge in [0.1, 0.15) is 0 Å². The highest BCUT2D eigenvalue weighted by atomic mass is 32.1. The Morgan fingerprint density at radius 1 is 0.189 bits per heavy atom. The Kier molecular flexibility index (Phi) is 17.0. The number of benzene rings is 14. The SMILES string of the molecule is c1ccc(-c2cc(-c3ccccc3)nc(-c3ccc(-c4cccc5sc6c(-c7nc(-c8ccccc8)cc(-c8ccccc8)n7)cccc6c45)cc3)n2)cc1.c1ccc(-c2nc(-c3ccccc3)nc(-c3cccc4sc5c(-c6nc(-c7ccccc7)nc(-n7c8ccccc8c8ccccc87)n6)cccc5c34)n2)cc1. The molecule has 0 spiro atoms. The molecular formula is C98H61N11S2. The molecule has 0 N–H and O–H groups in total. The predicted molar refractivity (Wildman–Crippen MR) is 456 cm³/mol. The summed E-state index contributed by atoms with van der Waals surface area (Å²) in [6.45, 7) is 0. The second-order valence-corrected chi connectivity index (χ2v) is 29.1. The molecule has 14 aromatic carbocycles. The molecule has 0 saturated carbocycles. The van der Waals surface area contributed by atoms with E-state index in [1.165, 1.54) is 25.7 Å². The molecule has 0 aliphatic carbocycles. The lowest BCUT2D eigenvalue weighted by Crippen LogP contribution is -2.06. The van der Waals surface area contributed by atoms with Gasteiger partial charge < -0.3 is 0 Å². The summed E-state index contributed by atoms with van der Waals surface area (Å²) in [5.41, 5.74) is 18.9. The van der Waals surface area contributed by atoms with E-state index in [9.17, 15) is 0 Å². The minimum absolute atomic E-state index is 0.567. The van der Waals surface area contributed by atoms with Crippen LogP contribution in [0.2, 0.25) is 0 Å². The van der Waals surface area contributed by atoms with E-state index < -0.39 is 0 Å². The van der Waals surface area contributed by atoms with Crippen LogP contribution in [-0.4, -0.2) is 54.4 Å². The fourth-order valence-electron chi connectivity index (χ4n) is 14.8. The fraction of sp³-hybridized carbons (Fsp3) is 0. The standard InChI is InChI=1S/C50H32N4S.C48H29N7S/c1-5-15-34(16-6-1)42-31-43(35-17-7-2-8-18-35)52-49(51-42)38-29-27-33(28-30-38)39-23-14-26-46-47(39)40-24-13-25-41(48(40)55-46)50-53-44(36-19-9-3-10-20-36)32-45(54-50)37-21-11-4-12-22-37;1-4-16-30(17-5-1)43-49-44(31-18-6-2-7-19-31)51-46(50-43)36-25-15-29-40-41(36)35-24-14-26-37(42(35)56-40)47-52-45(32-20-8-3-9-21-32)53-48(54-47)55-38-27-12-10-22-33(38)34-23-11-13-28-39(34)55/h1-32H;1-29H. The Morgan fingerprint density at radius 2 is 0.468 bits per heavy atom. The summed E-state index contributed by atoms with van der Waals surface area (Å²) in [6.07, 6.45) is 0. The quantitative estimate of drug-likeness (QED) is 0.110. The summed E-state index contributed by atoms with van der Waals surface area (Å²) in [6, 6.07) is 127. The lowest BCUT2D eigenvalue weighted by atomic mass is 9.97. The number of thiophene rings is 2. The molecule has 111 heavy (non-hydrogen) atoms. The van der Waals surface area contributed by atoms with Crippen molar-refractivity contribution in [1.82, 2.24) is 54.4 Å². The lowest BCUT2D eigenvalue weighted by Gasteiger charge is -2.11. The van der Waals surface area contributed by atoms with E-state index in [0.29, 0.717) is 40.9 Å². The zero-order valence-electron chi connectivity index (χ0n) is 59.5. The maximum atomic E-state index is 5.28. The second-order valence-electron chi connectivity index (χ2n) is 26.9. The summed E-state index contributed by atoms with van der Waals surface area (Å²) in [5.74, 6) is 5.07. The average Bonchev–Trinajstić information content (AvgIpc) is 1.62. The Balaban J connectivity index is 0.000000145. The van der Waals surface area contributed by atoms with Gasteiger partial charge in [0.15, 0.2) is 40.8 Å². The third kappa shape index (κ3) is 12.6. The maximum absolute atomic E-state index is 5.28. The van der Waals surface area contributed by atoms with Crippen molar-refractivity contribution in [3.8, 4) is 142 Å². The van der Waals surface area contributed by atoms with Gasteiger partial charge in [-0.05, 0) is 59.7 Å². The van der Waals surface area contributed by atoms with E-state index >= 15 is 0 Å². The van der Waals surface area contributed by atoms with Crippen molar-refractivity contribution in [1.29, 1.82) is 0 Å². The molecule has 0 amide bonds. The summed E-state index contributed by atoms with van der Waals surface area (Å²) < 4.78 is 6.74. The maximum Gasteiger partial charge on any atom is 0.238 e. The zero-order chi connectivity index (χ0) is 73.6. The van der Waals surface area contributed by atoms with Gasteiger partial charge in [0.05, 0.1) is 33.8 Å². The first-order chi connectivity index (χ1) is 55.0. The van der Waals surface area contributed by atoms with Crippen LogP contribution in [0.15, 0.2) is 370 Å². The summed E-state index contributed by atoms with van der Waals surface area (Å²) in [4.78, 5) is 51.2. The number of para-hydroxylation sites is 2. The molecule has 13 heteroatoms. The van der Waals surface area contributed by atoms with Gasteiger partial charge in [-0.15, -0.1) is 22.7 Å². The van der Waals surface area contributed by atoms with Crippen LogP contribution in [0.25, 0.3) is 204 Å². The van der Waals surface area contributed by atoms with Crippen molar-refractivity contribution >= 4 is 84.8 Å². The highest BCUT2D eigenvalue weighted by Gasteiger charge is 2.24. The van der Waals surface area contributed by atoms with Crippen molar-refractivity contribution in [2.24, 2.45) is 0 Å². The van der Waals surface area contributed by atoms with Crippen molar-refractivity contribution in [2.45, 2.75) is 0 Å². The minimum atomic E-state index is 0.567. The van der Waals surface area contributed by atoms with E-state index in [2.05, 4.69) is 235 Å². The molecular weight excluding hydrogens is 1400 g/mol. The number of hydrogen-bond acceptors (Lipinski definition) is 12. The molecule has 21 rings (SSSR count). The van der Waals surface area contributed by atoms with Crippen LogP contribution in [0.3, 0.4) is 0 Å². The molecule has 0 saturated heterocycles. The first-order valence-corrected chi connectivity index (χ1v) is 38.3. The van der Waals surface area contributed by atoms with E-state index in [4.69, 9.17) is 49.8 Å². The van der Waals surface area contributed by atoms with Crippen LogP contribution in [0.5, 0.6) is 0 Å². The Labute approximate surface area is 646 Å². The molecule has 11 nitrogen and oxygen atoms in total. The van der Waals surface area contributed by atoms with Gasteiger partial charge in [0, 0.05) is 112 Å². The van der Waals surface area contributed by atoms with Gasteiger partial charge in [-0.25, -0.2) is 39.9 Å². The van der Waals surface area contributed by atoms with Crippen LogP contribution in [0.1, 0.15) is 0 Å². The first-order valence-electron chi connectivity index (χ1n) is 36.7. The molecule has 21 aromatic rings. The van der Waals surface area contributed by atoms with Crippen LogP contribution >= 0.6 is 22.7 Å². The topological polar surface area (TPSA) is 134 Å². The number of aromatic nitrogens is 11. The van der Waals surface area contributed by atoms with Crippen molar-refractivity contribution in [3.63, 3.8) is 0 Å². The number of fused-ring (bicyclic) bond motifs is 9. The molecule has 0 fully saturated rings. The van der Waals surface area contributed by atoms with Crippen LogP contribution in [0.4, 0.5) is 0 Å². The molecule has 0 atom stereocenters. The number of nitrogens with zero attached hydrogens (tertiary/aromatic N) is 11. The van der Waals surface area contributed by atoms with Crippen LogP contribution in [-0.2, 0) is 0 Å². The third-order valence-corrected chi connectivity index (χ3v) is 22.5. The highest BCUT2D eigenvalue weighted by molar-refractivity contribution is 7.27. The van der Waals surface area contributed by atoms with Gasteiger partial charge in [0.25, 0.3) is 0 Å². The molecule has 0 aliphatic heterocycles. The van der Waals surface area contributed by atoms with E-state index in [1.54, 1.807) is 22.7 Å². The molecule has 0 bridgehead atoms. The summed E-state index contributed by atoms with van der Waals surface area (Å²) >= 11 is 3.52.